The standard InChI is InChI=1S/C24H20O8/c1-12-7-22(27)31-19-10-21(30-14(3)26)18(9-16(12)19)24(4)11-23(28)32-20-8-15(29-13(2)25)5-6-17(20)24/h5-10H,11H2,1-4H3. The second-order valence-electron chi connectivity index (χ2n) is 7.92. The van der Waals surface area contributed by atoms with E-state index in [1.807, 2.05) is 6.92 Å². The molecular formula is C24H20O8. The van der Waals surface area contributed by atoms with Crippen LogP contribution in [0.5, 0.6) is 17.2 Å². The van der Waals surface area contributed by atoms with Crippen LogP contribution < -0.4 is 19.8 Å². The Kier molecular flexibility index (Phi) is 5.08. The van der Waals surface area contributed by atoms with Gasteiger partial charge in [-0.2, -0.15) is 0 Å². The number of hydrogen-bond donors (Lipinski definition) is 0. The highest BCUT2D eigenvalue weighted by molar-refractivity contribution is 5.87. The first-order chi connectivity index (χ1) is 15.1. The molecule has 0 bridgehead atoms. The normalized spacial score (nSPS) is 17.4. The van der Waals surface area contributed by atoms with E-state index in [0.717, 1.165) is 0 Å². The van der Waals surface area contributed by atoms with Crippen LogP contribution >= 0.6 is 0 Å². The predicted molar refractivity (Wildman–Crippen MR) is 113 cm³/mol. The van der Waals surface area contributed by atoms with Crippen molar-refractivity contribution in [3.63, 3.8) is 0 Å². The maximum Gasteiger partial charge on any atom is 0.336 e. The predicted octanol–water partition coefficient (Wildman–Crippen LogP) is 3.57. The number of esters is 3. The van der Waals surface area contributed by atoms with Gasteiger partial charge in [0.1, 0.15) is 22.8 Å². The van der Waals surface area contributed by atoms with Crippen LogP contribution in [0, 0.1) is 6.92 Å². The molecule has 1 unspecified atom stereocenters. The quantitative estimate of drug-likeness (QED) is 0.348. The van der Waals surface area contributed by atoms with Gasteiger partial charge < -0.3 is 18.6 Å². The highest BCUT2D eigenvalue weighted by Gasteiger charge is 2.42. The number of benzene rings is 2. The summed E-state index contributed by atoms with van der Waals surface area (Å²) >= 11 is 0. The molecule has 0 N–H and O–H groups in total. The Balaban J connectivity index is 1.98. The lowest BCUT2D eigenvalue weighted by atomic mass is 9.71. The first-order valence-corrected chi connectivity index (χ1v) is 9.88. The van der Waals surface area contributed by atoms with Crippen molar-refractivity contribution >= 4 is 28.9 Å². The zero-order valence-electron chi connectivity index (χ0n) is 17.9. The molecule has 0 amide bonds. The molecule has 3 aromatic rings. The van der Waals surface area contributed by atoms with Crippen LogP contribution in [-0.2, 0) is 19.8 Å². The van der Waals surface area contributed by atoms with Gasteiger partial charge in [-0.3, -0.25) is 14.4 Å². The second kappa shape index (κ2) is 7.64. The molecule has 8 heteroatoms. The molecule has 2 aromatic carbocycles. The highest BCUT2D eigenvalue weighted by Crippen LogP contribution is 2.49. The molecule has 0 fully saturated rings. The van der Waals surface area contributed by atoms with E-state index in [9.17, 15) is 19.2 Å². The molecule has 0 saturated heterocycles. The van der Waals surface area contributed by atoms with Crippen molar-refractivity contribution < 1.29 is 33.0 Å². The van der Waals surface area contributed by atoms with E-state index < -0.39 is 28.9 Å². The van der Waals surface area contributed by atoms with Crippen molar-refractivity contribution in [2.24, 2.45) is 0 Å². The van der Waals surface area contributed by atoms with Crippen molar-refractivity contribution in [1.29, 1.82) is 0 Å². The van der Waals surface area contributed by atoms with Gasteiger partial charge in [0.15, 0.2) is 0 Å². The Morgan fingerprint density at radius 1 is 0.969 bits per heavy atom. The van der Waals surface area contributed by atoms with Gasteiger partial charge in [0.2, 0.25) is 0 Å². The molecule has 4 rings (SSSR count). The molecule has 164 valence electrons. The summed E-state index contributed by atoms with van der Waals surface area (Å²) in [5.41, 5.74) is 0.682. The van der Waals surface area contributed by atoms with Crippen LogP contribution in [0.4, 0.5) is 0 Å². The van der Waals surface area contributed by atoms with Gasteiger partial charge in [0.25, 0.3) is 0 Å². The lowest BCUT2D eigenvalue weighted by molar-refractivity contribution is -0.136. The third kappa shape index (κ3) is 3.75. The van der Waals surface area contributed by atoms with Crippen molar-refractivity contribution in [1.82, 2.24) is 0 Å². The average Bonchev–Trinajstić information content (AvgIpc) is 2.65. The highest BCUT2D eigenvalue weighted by atomic mass is 16.5. The summed E-state index contributed by atoms with van der Waals surface area (Å²) in [6, 6.07) is 9.40. The summed E-state index contributed by atoms with van der Waals surface area (Å²) in [5.74, 6) is -0.903. The van der Waals surface area contributed by atoms with E-state index in [1.165, 1.54) is 32.0 Å². The Morgan fingerprint density at radius 2 is 1.69 bits per heavy atom. The van der Waals surface area contributed by atoms with Crippen LogP contribution in [0.2, 0.25) is 0 Å². The summed E-state index contributed by atoms with van der Waals surface area (Å²) < 4.78 is 21.3. The van der Waals surface area contributed by atoms with Gasteiger partial charge >= 0.3 is 23.5 Å². The fourth-order valence-electron chi connectivity index (χ4n) is 4.07. The van der Waals surface area contributed by atoms with E-state index >= 15 is 0 Å². The monoisotopic (exact) mass is 436 g/mol. The van der Waals surface area contributed by atoms with Crippen molar-refractivity contribution in [3.8, 4) is 17.2 Å². The lowest BCUT2D eigenvalue weighted by Gasteiger charge is -2.36. The summed E-state index contributed by atoms with van der Waals surface area (Å²) in [4.78, 5) is 47.5. The number of rotatable bonds is 3. The summed E-state index contributed by atoms with van der Waals surface area (Å²) in [6.07, 6.45) is -0.0253. The van der Waals surface area contributed by atoms with Gasteiger partial charge in [-0.25, -0.2) is 4.79 Å². The number of ether oxygens (including phenoxy) is 3. The summed E-state index contributed by atoms with van der Waals surface area (Å²) in [7, 11) is 0. The van der Waals surface area contributed by atoms with E-state index in [-0.39, 0.29) is 29.3 Å². The molecule has 0 saturated carbocycles. The van der Waals surface area contributed by atoms with Crippen LogP contribution in [0.3, 0.4) is 0 Å². The minimum atomic E-state index is -0.943. The smallest absolute Gasteiger partial charge is 0.336 e. The second-order valence-corrected chi connectivity index (χ2v) is 7.92. The fraction of sp³-hybridized carbons (Fsp3) is 0.250. The molecule has 0 spiro atoms. The van der Waals surface area contributed by atoms with Crippen LogP contribution in [0.1, 0.15) is 43.9 Å². The van der Waals surface area contributed by atoms with Gasteiger partial charge in [-0.15, -0.1) is 0 Å². The number of hydrogen-bond acceptors (Lipinski definition) is 8. The topological polar surface area (TPSA) is 109 Å². The first-order valence-electron chi connectivity index (χ1n) is 9.88. The maximum absolute atomic E-state index is 12.6. The van der Waals surface area contributed by atoms with Gasteiger partial charge in [-0.05, 0) is 24.6 Å². The average molecular weight is 436 g/mol. The molecule has 1 aliphatic heterocycles. The van der Waals surface area contributed by atoms with E-state index in [2.05, 4.69) is 0 Å². The van der Waals surface area contributed by atoms with Gasteiger partial charge in [0.05, 0.1) is 6.42 Å². The van der Waals surface area contributed by atoms with E-state index in [1.54, 1.807) is 25.1 Å². The fourth-order valence-corrected chi connectivity index (χ4v) is 4.07. The summed E-state index contributed by atoms with van der Waals surface area (Å²) in [5, 5.41) is 0.647. The van der Waals surface area contributed by atoms with Crippen LogP contribution in [0.25, 0.3) is 11.0 Å². The molecule has 2 heterocycles. The largest absolute Gasteiger partial charge is 0.427 e. The van der Waals surface area contributed by atoms with Crippen molar-refractivity contribution in [3.05, 3.63) is 63.5 Å². The van der Waals surface area contributed by atoms with Gasteiger partial charge in [0, 0.05) is 54.0 Å². The SMILES string of the molecule is CC(=O)Oc1ccc2c(c1)OC(=O)CC2(C)c1cc2c(C)cc(=O)oc2cc1OC(C)=O. The Bertz CT molecular complexity index is 1350. The number of carbonyl (C=O) groups excluding carboxylic acids is 3. The molecule has 1 aromatic heterocycles. The first kappa shape index (κ1) is 21.3. The van der Waals surface area contributed by atoms with Crippen molar-refractivity contribution in [2.75, 3.05) is 0 Å². The minimum absolute atomic E-state index is 0.0253. The summed E-state index contributed by atoms with van der Waals surface area (Å²) in [6.45, 7) is 6.14. The van der Waals surface area contributed by atoms with Gasteiger partial charge in [-0.1, -0.05) is 13.0 Å². The third-order valence-electron chi connectivity index (χ3n) is 5.43. The Morgan fingerprint density at radius 3 is 2.38 bits per heavy atom. The number of carbonyl (C=O) groups is 3. The number of fused-ring (bicyclic) bond motifs is 2. The Hall–Kier alpha value is -3.94. The molecule has 0 radical (unpaired) electrons. The van der Waals surface area contributed by atoms with E-state index in [0.29, 0.717) is 22.1 Å². The molecule has 0 aliphatic carbocycles. The van der Waals surface area contributed by atoms with Crippen LogP contribution in [-0.4, -0.2) is 17.9 Å². The molecule has 1 atom stereocenters. The molecular weight excluding hydrogens is 416 g/mol. The Labute approximate surface area is 182 Å². The van der Waals surface area contributed by atoms with Crippen molar-refractivity contribution in [2.45, 2.75) is 39.5 Å². The lowest BCUT2D eigenvalue weighted by Crippen LogP contribution is -2.35. The molecule has 32 heavy (non-hydrogen) atoms. The maximum atomic E-state index is 12.6. The minimum Gasteiger partial charge on any atom is -0.427 e. The van der Waals surface area contributed by atoms with Crippen LogP contribution in [0.15, 0.2) is 45.6 Å². The number of aryl methyl sites for hydroxylation is 1. The molecule has 1 aliphatic rings. The molecule has 8 nitrogen and oxygen atoms in total. The third-order valence-corrected chi connectivity index (χ3v) is 5.43. The zero-order chi connectivity index (χ0) is 23.2. The van der Waals surface area contributed by atoms with E-state index in [4.69, 9.17) is 18.6 Å². The zero-order valence-corrected chi connectivity index (χ0v) is 17.9.